The van der Waals surface area contributed by atoms with Gasteiger partial charge in [0, 0.05) is 12.6 Å². The maximum Gasteiger partial charge on any atom is 0.129 e. The Morgan fingerprint density at radius 2 is 1.57 bits per heavy atom. The van der Waals surface area contributed by atoms with Crippen LogP contribution in [0.15, 0.2) is 42.5 Å². The van der Waals surface area contributed by atoms with Crippen LogP contribution in [0.25, 0.3) is 0 Å². The number of aryl methyl sites for hydroxylation is 2. The van der Waals surface area contributed by atoms with Crippen molar-refractivity contribution >= 4 is 0 Å². The monoisotopic (exact) mass is 285 g/mol. The van der Waals surface area contributed by atoms with Crippen molar-refractivity contribution < 1.29 is 4.39 Å². The van der Waals surface area contributed by atoms with Crippen molar-refractivity contribution in [2.75, 3.05) is 0 Å². The van der Waals surface area contributed by atoms with Gasteiger partial charge in [0.1, 0.15) is 5.82 Å². The van der Waals surface area contributed by atoms with Gasteiger partial charge >= 0.3 is 0 Å². The summed E-state index contributed by atoms with van der Waals surface area (Å²) in [6.07, 6.45) is 0. The van der Waals surface area contributed by atoms with E-state index in [1.165, 1.54) is 5.56 Å². The van der Waals surface area contributed by atoms with Gasteiger partial charge in [-0.15, -0.1) is 0 Å². The average molecular weight is 285 g/mol. The molecule has 0 aliphatic carbocycles. The van der Waals surface area contributed by atoms with Crippen LogP contribution in [0, 0.1) is 25.6 Å². The molecule has 0 heterocycles. The van der Waals surface area contributed by atoms with E-state index < -0.39 is 0 Å². The van der Waals surface area contributed by atoms with Gasteiger partial charge in [-0.3, -0.25) is 0 Å². The molecule has 2 heteroatoms. The van der Waals surface area contributed by atoms with E-state index >= 15 is 0 Å². The first kappa shape index (κ1) is 15.7. The van der Waals surface area contributed by atoms with E-state index in [9.17, 15) is 4.39 Å². The minimum absolute atomic E-state index is 0.0952. The van der Waals surface area contributed by atoms with E-state index in [0.717, 1.165) is 12.1 Å². The molecular formula is C19H24FN. The molecule has 112 valence electrons. The number of rotatable bonds is 5. The molecule has 0 amide bonds. The topological polar surface area (TPSA) is 12.0 Å². The Labute approximate surface area is 127 Å². The van der Waals surface area contributed by atoms with Crippen molar-refractivity contribution in [2.24, 2.45) is 5.92 Å². The highest BCUT2D eigenvalue weighted by atomic mass is 19.1. The minimum atomic E-state index is -0.0952. The highest BCUT2D eigenvalue weighted by Crippen LogP contribution is 2.22. The summed E-state index contributed by atoms with van der Waals surface area (Å²) in [5.41, 5.74) is 3.86. The Kier molecular flexibility index (Phi) is 5.13. The molecule has 2 aromatic carbocycles. The molecule has 1 nitrogen and oxygen atoms in total. The third-order valence-corrected chi connectivity index (χ3v) is 3.85. The van der Waals surface area contributed by atoms with Gasteiger partial charge < -0.3 is 5.32 Å². The predicted octanol–water partition coefficient (Wildman–Crippen LogP) is 4.93. The maximum atomic E-state index is 13.7. The summed E-state index contributed by atoms with van der Waals surface area (Å²) >= 11 is 0. The zero-order chi connectivity index (χ0) is 15.4. The van der Waals surface area contributed by atoms with E-state index in [-0.39, 0.29) is 5.82 Å². The van der Waals surface area contributed by atoms with E-state index in [0.29, 0.717) is 23.1 Å². The molecule has 0 saturated carbocycles. The van der Waals surface area contributed by atoms with Crippen molar-refractivity contribution in [1.82, 2.24) is 5.32 Å². The lowest BCUT2D eigenvalue weighted by atomic mass is 9.95. The second-order valence-electron chi connectivity index (χ2n) is 6.06. The van der Waals surface area contributed by atoms with Gasteiger partial charge in [0.25, 0.3) is 0 Å². The molecule has 2 rings (SSSR count). The second-order valence-corrected chi connectivity index (χ2v) is 6.06. The summed E-state index contributed by atoms with van der Waals surface area (Å²) in [7, 11) is 0. The summed E-state index contributed by atoms with van der Waals surface area (Å²) < 4.78 is 13.7. The minimum Gasteiger partial charge on any atom is -0.306 e. The molecule has 0 radical (unpaired) electrons. The molecule has 1 unspecified atom stereocenters. The first-order valence-electron chi connectivity index (χ1n) is 7.53. The van der Waals surface area contributed by atoms with Crippen molar-refractivity contribution in [1.29, 1.82) is 0 Å². The summed E-state index contributed by atoms with van der Waals surface area (Å²) in [4.78, 5) is 0. The molecular weight excluding hydrogens is 261 g/mol. The van der Waals surface area contributed by atoms with Crippen molar-refractivity contribution in [3.05, 3.63) is 70.5 Å². The van der Waals surface area contributed by atoms with Gasteiger partial charge in [-0.25, -0.2) is 4.39 Å². The van der Waals surface area contributed by atoms with Gasteiger partial charge in [0.15, 0.2) is 0 Å². The summed E-state index contributed by atoms with van der Waals surface area (Å²) in [5.74, 6) is 0.400. The fourth-order valence-corrected chi connectivity index (χ4v) is 2.76. The standard InChI is InChI=1S/C19H24FN/c1-13(2)19(17-8-6-5-7-9-17)21-12-16-10-14(3)18(20)15(4)11-16/h5-11,13,19,21H,12H2,1-4H3. The van der Waals surface area contributed by atoms with Crippen molar-refractivity contribution in [2.45, 2.75) is 40.3 Å². The second kappa shape index (κ2) is 6.86. The van der Waals surface area contributed by atoms with Gasteiger partial charge in [0.2, 0.25) is 0 Å². The van der Waals surface area contributed by atoms with Gasteiger partial charge in [-0.05, 0) is 42.0 Å². The molecule has 1 N–H and O–H groups in total. The first-order chi connectivity index (χ1) is 9.99. The molecule has 21 heavy (non-hydrogen) atoms. The average Bonchev–Trinajstić information content (AvgIpc) is 2.45. The largest absolute Gasteiger partial charge is 0.306 e. The highest BCUT2D eigenvalue weighted by Gasteiger charge is 2.15. The smallest absolute Gasteiger partial charge is 0.129 e. The number of halogens is 1. The van der Waals surface area contributed by atoms with Gasteiger partial charge in [-0.1, -0.05) is 56.3 Å². The number of benzene rings is 2. The zero-order valence-corrected chi connectivity index (χ0v) is 13.3. The van der Waals surface area contributed by atoms with Crippen LogP contribution in [0.4, 0.5) is 4.39 Å². The third kappa shape index (κ3) is 3.92. The maximum absolute atomic E-state index is 13.7. The SMILES string of the molecule is Cc1cc(CNC(c2ccccc2)C(C)C)cc(C)c1F. The Morgan fingerprint density at radius 3 is 2.10 bits per heavy atom. The van der Waals surface area contributed by atoms with Crippen LogP contribution in [-0.2, 0) is 6.54 Å². The number of nitrogens with one attached hydrogen (secondary N) is 1. The molecule has 0 bridgehead atoms. The number of hydrogen-bond donors (Lipinski definition) is 1. The summed E-state index contributed by atoms with van der Waals surface area (Å²) in [5, 5.41) is 3.60. The third-order valence-electron chi connectivity index (χ3n) is 3.85. The van der Waals surface area contributed by atoms with Crippen LogP contribution in [0.2, 0.25) is 0 Å². The lowest BCUT2D eigenvalue weighted by Crippen LogP contribution is -2.25. The molecule has 2 aromatic rings. The molecule has 0 saturated heterocycles. The molecule has 0 fully saturated rings. The number of hydrogen-bond acceptors (Lipinski definition) is 1. The molecule has 0 aliphatic rings. The molecule has 0 spiro atoms. The van der Waals surface area contributed by atoms with Crippen LogP contribution >= 0.6 is 0 Å². The molecule has 1 atom stereocenters. The van der Waals surface area contributed by atoms with Gasteiger partial charge in [0.05, 0.1) is 0 Å². The fourth-order valence-electron chi connectivity index (χ4n) is 2.76. The van der Waals surface area contributed by atoms with Crippen LogP contribution in [0.5, 0.6) is 0 Å². The van der Waals surface area contributed by atoms with Crippen molar-refractivity contribution in [3.8, 4) is 0 Å². The van der Waals surface area contributed by atoms with E-state index in [2.05, 4.69) is 43.4 Å². The van der Waals surface area contributed by atoms with E-state index in [1.54, 1.807) is 0 Å². The van der Waals surface area contributed by atoms with Crippen LogP contribution < -0.4 is 5.32 Å². The van der Waals surface area contributed by atoms with Crippen molar-refractivity contribution in [3.63, 3.8) is 0 Å². The lowest BCUT2D eigenvalue weighted by Gasteiger charge is -2.23. The summed E-state index contributed by atoms with van der Waals surface area (Å²) in [6, 6.07) is 14.6. The van der Waals surface area contributed by atoms with Gasteiger partial charge in [-0.2, -0.15) is 0 Å². The Balaban J connectivity index is 2.13. The zero-order valence-electron chi connectivity index (χ0n) is 13.3. The fraction of sp³-hybridized carbons (Fsp3) is 0.368. The molecule has 0 aliphatic heterocycles. The normalized spacial score (nSPS) is 12.7. The van der Waals surface area contributed by atoms with Crippen LogP contribution in [0.3, 0.4) is 0 Å². The van der Waals surface area contributed by atoms with E-state index in [1.807, 2.05) is 32.0 Å². The van der Waals surface area contributed by atoms with Crippen LogP contribution in [0.1, 0.15) is 42.1 Å². The quantitative estimate of drug-likeness (QED) is 0.821. The lowest BCUT2D eigenvalue weighted by molar-refractivity contribution is 0.410. The Hall–Kier alpha value is -1.67. The Morgan fingerprint density at radius 1 is 1.00 bits per heavy atom. The predicted molar refractivity (Wildman–Crippen MR) is 86.7 cm³/mol. The Bertz CT molecular complexity index is 567. The first-order valence-corrected chi connectivity index (χ1v) is 7.53. The highest BCUT2D eigenvalue weighted by molar-refractivity contribution is 5.30. The summed E-state index contributed by atoms with van der Waals surface area (Å²) in [6.45, 7) is 8.82. The van der Waals surface area contributed by atoms with E-state index in [4.69, 9.17) is 0 Å². The molecule has 0 aromatic heterocycles. The van der Waals surface area contributed by atoms with Crippen LogP contribution in [-0.4, -0.2) is 0 Å².